The lowest BCUT2D eigenvalue weighted by atomic mass is 10.1. The number of para-hydroxylation sites is 1. The van der Waals surface area contributed by atoms with Gasteiger partial charge in [-0.1, -0.05) is 26.0 Å². The van der Waals surface area contributed by atoms with Crippen LogP contribution < -0.4 is 14.9 Å². The van der Waals surface area contributed by atoms with Crippen LogP contribution in [-0.2, 0) is 10.0 Å². The standard InChI is InChI=1S/C15H25N3O2S/c1-3-11-18(13-9-10-16-12-13)14-7-5-6-8-15(14)21(19,20)17-4-2/h5-8,13,16-17H,3-4,9-12H2,1-2H3. The van der Waals surface area contributed by atoms with Crippen molar-refractivity contribution in [3.63, 3.8) is 0 Å². The molecule has 1 aromatic carbocycles. The van der Waals surface area contributed by atoms with E-state index < -0.39 is 10.0 Å². The molecule has 1 unspecified atom stereocenters. The first-order valence-corrected chi connectivity index (χ1v) is 9.14. The van der Waals surface area contributed by atoms with Gasteiger partial charge >= 0.3 is 0 Å². The molecule has 1 heterocycles. The Hall–Kier alpha value is -1.11. The van der Waals surface area contributed by atoms with Crippen LogP contribution in [-0.4, -0.2) is 40.6 Å². The van der Waals surface area contributed by atoms with Crippen LogP contribution in [0.4, 0.5) is 5.69 Å². The van der Waals surface area contributed by atoms with Crippen molar-refractivity contribution in [2.24, 2.45) is 0 Å². The monoisotopic (exact) mass is 311 g/mol. The fourth-order valence-electron chi connectivity index (χ4n) is 2.84. The average Bonchev–Trinajstić information content (AvgIpc) is 2.98. The Balaban J connectivity index is 2.40. The first kappa shape index (κ1) is 16.3. The second-order valence-electron chi connectivity index (χ2n) is 5.31. The Morgan fingerprint density at radius 3 is 2.71 bits per heavy atom. The summed E-state index contributed by atoms with van der Waals surface area (Å²) in [5.74, 6) is 0. The molecule has 0 aromatic heterocycles. The predicted molar refractivity (Wildman–Crippen MR) is 86.2 cm³/mol. The Labute approximate surface area is 127 Å². The number of rotatable bonds is 7. The van der Waals surface area contributed by atoms with Gasteiger partial charge in [-0.05, 0) is 31.5 Å². The highest BCUT2D eigenvalue weighted by atomic mass is 32.2. The van der Waals surface area contributed by atoms with Gasteiger partial charge in [-0.25, -0.2) is 13.1 Å². The Bertz CT molecular complexity index is 554. The maximum Gasteiger partial charge on any atom is 0.242 e. The maximum atomic E-state index is 12.4. The van der Waals surface area contributed by atoms with E-state index in [-0.39, 0.29) is 0 Å². The molecule has 0 aliphatic carbocycles. The van der Waals surface area contributed by atoms with E-state index in [9.17, 15) is 8.42 Å². The van der Waals surface area contributed by atoms with Gasteiger partial charge in [0.25, 0.3) is 0 Å². The average molecular weight is 311 g/mol. The number of hydrogen-bond acceptors (Lipinski definition) is 4. The Morgan fingerprint density at radius 2 is 2.10 bits per heavy atom. The normalized spacial score (nSPS) is 18.9. The van der Waals surface area contributed by atoms with Gasteiger partial charge < -0.3 is 10.2 Å². The van der Waals surface area contributed by atoms with Crippen molar-refractivity contribution in [2.45, 2.75) is 37.6 Å². The third-order valence-corrected chi connectivity index (χ3v) is 5.33. The summed E-state index contributed by atoms with van der Waals surface area (Å²) in [6, 6.07) is 7.66. The zero-order chi connectivity index (χ0) is 15.3. The van der Waals surface area contributed by atoms with Gasteiger partial charge in [0.15, 0.2) is 0 Å². The number of sulfonamides is 1. The summed E-state index contributed by atoms with van der Waals surface area (Å²) in [5.41, 5.74) is 0.814. The number of anilines is 1. The number of hydrogen-bond donors (Lipinski definition) is 2. The molecule has 0 spiro atoms. The van der Waals surface area contributed by atoms with Gasteiger partial charge in [0, 0.05) is 25.7 Å². The van der Waals surface area contributed by atoms with Crippen molar-refractivity contribution in [3.8, 4) is 0 Å². The van der Waals surface area contributed by atoms with E-state index >= 15 is 0 Å². The molecule has 1 atom stereocenters. The van der Waals surface area contributed by atoms with Crippen LogP contribution in [0.3, 0.4) is 0 Å². The maximum absolute atomic E-state index is 12.4. The Kier molecular flexibility index (Phi) is 5.61. The topological polar surface area (TPSA) is 61.4 Å². The van der Waals surface area contributed by atoms with Gasteiger partial charge in [-0.3, -0.25) is 0 Å². The summed E-state index contributed by atoms with van der Waals surface area (Å²) >= 11 is 0. The molecule has 2 rings (SSSR count). The minimum absolute atomic E-state index is 0.364. The van der Waals surface area contributed by atoms with E-state index in [1.165, 1.54) is 0 Å². The highest BCUT2D eigenvalue weighted by Gasteiger charge is 2.27. The molecule has 1 saturated heterocycles. The third kappa shape index (κ3) is 3.75. The van der Waals surface area contributed by atoms with E-state index in [0.717, 1.165) is 38.2 Å². The van der Waals surface area contributed by atoms with E-state index in [4.69, 9.17) is 0 Å². The van der Waals surface area contributed by atoms with E-state index in [0.29, 0.717) is 17.5 Å². The molecular weight excluding hydrogens is 286 g/mol. The van der Waals surface area contributed by atoms with Gasteiger partial charge in [-0.15, -0.1) is 0 Å². The number of benzene rings is 1. The van der Waals surface area contributed by atoms with Crippen LogP contribution in [0.15, 0.2) is 29.2 Å². The predicted octanol–water partition coefficient (Wildman–Crippen LogP) is 1.56. The number of nitrogens with zero attached hydrogens (tertiary/aromatic N) is 1. The van der Waals surface area contributed by atoms with Crippen molar-refractivity contribution in [3.05, 3.63) is 24.3 Å². The van der Waals surface area contributed by atoms with Crippen LogP contribution in [0, 0.1) is 0 Å². The molecular formula is C15H25N3O2S. The molecule has 1 aromatic rings. The fraction of sp³-hybridized carbons (Fsp3) is 0.600. The summed E-state index contributed by atoms with van der Waals surface area (Å²) in [6.45, 7) is 7.09. The molecule has 1 aliphatic rings. The molecule has 21 heavy (non-hydrogen) atoms. The van der Waals surface area contributed by atoms with Crippen molar-refractivity contribution < 1.29 is 8.42 Å². The van der Waals surface area contributed by atoms with Crippen molar-refractivity contribution in [1.29, 1.82) is 0 Å². The van der Waals surface area contributed by atoms with Crippen LogP contribution in [0.25, 0.3) is 0 Å². The van der Waals surface area contributed by atoms with E-state index in [1.54, 1.807) is 19.1 Å². The van der Waals surface area contributed by atoms with Crippen LogP contribution in [0.5, 0.6) is 0 Å². The third-order valence-electron chi connectivity index (χ3n) is 3.74. The zero-order valence-electron chi connectivity index (χ0n) is 12.8. The fourth-order valence-corrected chi connectivity index (χ4v) is 4.09. The second-order valence-corrected chi connectivity index (χ2v) is 7.04. The summed E-state index contributed by atoms with van der Waals surface area (Å²) in [4.78, 5) is 2.62. The summed E-state index contributed by atoms with van der Waals surface area (Å²) < 4.78 is 27.4. The molecule has 0 saturated carbocycles. The molecule has 6 heteroatoms. The first-order valence-electron chi connectivity index (χ1n) is 7.66. The molecule has 0 amide bonds. The van der Waals surface area contributed by atoms with Crippen molar-refractivity contribution in [1.82, 2.24) is 10.0 Å². The van der Waals surface area contributed by atoms with E-state index in [2.05, 4.69) is 21.9 Å². The van der Waals surface area contributed by atoms with Crippen molar-refractivity contribution >= 4 is 15.7 Å². The van der Waals surface area contributed by atoms with Crippen LogP contribution in [0.1, 0.15) is 26.7 Å². The second kappa shape index (κ2) is 7.24. The molecule has 1 aliphatic heterocycles. The number of nitrogens with one attached hydrogen (secondary N) is 2. The summed E-state index contributed by atoms with van der Waals surface area (Å²) in [6.07, 6.45) is 2.04. The smallest absolute Gasteiger partial charge is 0.242 e. The largest absolute Gasteiger partial charge is 0.366 e. The van der Waals surface area contributed by atoms with Crippen molar-refractivity contribution in [2.75, 3.05) is 31.1 Å². The molecule has 2 N–H and O–H groups in total. The van der Waals surface area contributed by atoms with Gasteiger partial charge in [0.2, 0.25) is 10.0 Å². The van der Waals surface area contributed by atoms with Gasteiger partial charge in [-0.2, -0.15) is 0 Å². The minimum Gasteiger partial charge on any atom is -0.366 e. The lowest BCUT2D eigenvalue weighted by molar-refractivity contribution is 0.580. The summed E-state index contributed by atoms with van der Waals surface area (Å²) in [5, 5.41) is 3.36. The summed E-state index contributed by atoms with van der Waals surface area (Å²) in [7, 11) is -3.45. The highest BCUT2D eigenvalue weighted by molar-refractivity contribution is 7.89. The molecule has 0 bridgehead atoms. The SMILES string of the molecule is CCCN(c1ccccc1S(=O)(=O)NCC)C1CCNC1. The first-order chi connectivity index (χ1) is 10.1. The minimum atomic E-state index is -3.45. The zero-order valence-corrected chi connectivity index (χ0v) is 13.6. The highest BCUT2D eigenvalue weighted by Crippen LogP contribution is 2.28. The van der Waals surface area contributed by atoms with Gasteiger partial charge in [0.05, 0.1) is 5.69 Å². The lowest BCUT2D eigenvalue weighted by Gasteiger charge is -2.32. The van der Waals surface area contributed by atoms with Gasteiger partial charge in [0.1, 0.15) is 4.90 Å². The van der Waals surface area contributed by atoms with Crippen LogP contribution in [0.2, 0.25) is 0 Å². The molecule has 1 fully saturated rings. The molecule has 118 valence electrons. The quantitative estimate of drug-likeness (QED) is 0.802. The molecule has 0 radical (unpaired) electrons. The van der Waals surface area contributed by atoms with Crippen LogP contribution >= 0.6 is 0 Å². The van der Waals surface area contributed by atoms with E-state index in [1.807, 2.05) is 12.1 Å². The lowest BCUT2D eigenvalue weighted by Crippen LogP contribution is -2.39. The molecule has 5 nitrogen and oxygen atoms in total. The Morgan fingerprint density at radius 1 is 1.33 bits per heavy atom.